The number of hydrogen-bond donors (Lipinski definition) is 0. The molecule has 0 nitrogen and oxygen atoms in total. The summed E-state index contributed by atoms with van der Waals surface area (Å²) in [6.45, 7) is 4.77. The van der Waals surface area contributed by atoms with Crippen LogP contribution in [0.25, 0.3) is 0 Å². The lowest BCUT2D eigenvalue weighted by atomic mass is 11.8. The molecule has 0 unspecified atom stereocenters. The third-order valence-corrected chi connectivity index (χ3v) is 6.36. The van der Waals surface area contributed by atoms with Crippen molar-refractivity contribution in [3.05, 3.63) is 0 Å². The zero-order valence-electron chi connectivity index (χ0n) is 4.12. The Morgan fingerprint density at radius 3 is 1.60 bits per heavy atom. The average Bonchev–Trinajstić information content (AvgIpc) is 1.41. The van der Waals surface area contributed by atoms with Crippen LogP contribution in [0.15, 0.2) is 0 Å². The molecule has 2 heteroatoms. The van der Waals surface area contributed by atoms with Crippen molar-refractivity contribution in [1.29, 1.82) is 0 Å². The van der Waals surface area contributed by atoms with Gasteiger partial charge in [0.05, 0.1) is 0 Å². The second kappa shape index (κ2) is 4.43. The maximum Gasteiger partial charge on any atom is 0.0135 e. The predicted octanol–water partition coefficient (Wildman–Crippen LogP) is -0.204. The molecule has 0 saturated carbocycles. The summed E-state index contributed by atoms with van der Waals surface area (Å²) in [5.41, 5.74) is 1.67. The Kier molecular flexibility index (Phi) is 4.82. The summed E-state index contributed by atoms with van der Waals surface area (Å²) in [4.78, 5) is 0. The van der Waals surface area contributed by atoms with Crippen LogP contribution in [0.2, 0.25) is 18.8 Å². The van der Waals surface area contributed by atoms with Crippen LogP contribution in [0.4, 0.5) is 0 Å². The minimum absolute atomic E-state index is 0.476. The lowest BCUT2D eigenvalue weighted by Gasteiger charge is -1.76. The standard InChI is InChI=1S/C3H12Si2/c1-4-3-5-2/h3-5H2,1-2H3. The maximum absolute atomic E-state index is 2.39. The van der Waals surface area contributed by atoms with Crippen LogP contribution in [0.5, 0.6) is 0 Å². The van der Waals surface area contributed by atoms with Crippen LogP contribution in [0.1, 0.15) is 0 Å². The van der Waals surface area contributed by atoms with Crippen LogP contribution in [0, 0.1) is 0 Å². The first-order chi connectivity index (χ1) is 2.41. The Bertz CT molecular complexity index is 12.4. The van der Waals surface area contributed by atoms with E-state index in [0.717, 1.165) is 0 Å². The smallest absolute Gasteiger partial charge is 0.0135 e. The van der Waals surface area contributed by atoms with E-state index in [9.17, 15) is 0 Å². The molecule has 0 bridgehead atoms. The molecular formula is C3H12Si2. The van der Waals surface area contributed by atoms with Gasteiger partial charge in [0.25, 0.3) is 0 Å². The molecule has 0 atom stereocenters. The number of rotatable bonds is 2. The van der Waals surface area contributed by atoms with Crippen LogP contribution >= 0.6 is 0 Å². The van der Waals surface area contributed by atoms with Crippen molar-refractivity contribution in [2.24, 2.45) is 0 Å². The molecule has 0 radical (unpaired) electrons. The summed E-state index contributed by atoms with van der Waals surface area (Å²) in [5, 5.41) is 0. The van der Waals surface area contributed by atoms with Gasteiger partial charge in [-0.3, -0.25) is 0 Å². The molecule has 0 aromatic carbocycles. The van der Waals surface area contributed by atoms with Gasteiger partial charge in [-0.05, 0) is 0 Å². The van der Waals surface area contributed by atoms with Gasteiger partial charge >= 0.3 is 0 Å². The van der Waals surface area contributed by atoms with Gasteiger partial charge in [0, 0.05) is 19.0 Å². The largest absolute Gasteiger partial charge is 0.0751 e. The predicted molar refractivity (Wildman–Crippen MR) is 33.6 cm³/mol. The normalized spacial score (nSPS) is 13.2. The molecule has 0 aliphatic heterocycles. The summed E-state index contributed by atoms with van der Waals surface area (Å²) in [6, 6.07) is 0. The Hall–Kier alpha value is 0.434. The van der Waals surface area contributed by atoms with Gasteiger partial charge < -0.3 is 0 Å². The minimum atomic E-state index is 0.476. The zero-order valence-corrected chi connectivity index (χ0v) is 6.95. The summed E-state index contributed by atoms with van der Waals surface area (Å²) < 4.78 is 0. The van der Waals surface area contributed by atoms with Crippen molar-refractivity contribution in [2.45, 2.75) is 18.8 Å². The fourth-order valence-corrected chi connectivity index (χ4v) is 3.18. The molecule has 0 aromatic rings. The van der Waals surface area contributed by atoms with E-state index in [-0.39, 0.29) is 0 Å². The third kappa shape index (κ3) is 4.43. The molecule has 0 saturated heterocycles. The lowest BCUT2D eigenvalue weighted by molar-refractivity contribution is 1.91. The van der Waals surface area contributed by atoms with Crippen molar-refractivity contribution in [3.63, 3.8) is 0 Å². The van der Waals surface area contributed by atoms with E-state index >= 15 is 0 Å². The van der Waals surface area contributed by atoms with E-state index in [1.54, 1.807) is 5.67 Å². The molecule has 0 N–H and O–H groups in total. The van der Waals surface area contributed by atoms with Crippen molar-refractivity contribution < 1.29 is 0 Å². The first-order valence-electron chi connectivity index (χ1n) is 2.41. The van der Waals surface area contributed by atoms with Crippen molar-refractivity contribution in [3.8, 4) is 0 Å². The lowest BCUT2D eigenvalue weighted by Crippen LogP contribution is -1.84. The highest BCUT2D eigenvalue weighted by Crippen LogP contribution is 1.68. The van der Waals surface area contributed by atoms with Gasteiger partial charge in [-0.2, -0.15) is 0 Å². The molecule has 5 heavy (non-hydrogen) atoms. The third-order valence-electron chi connectivity index (χ3n) is 0.707. The molecule has 0 rings (SSSR count). The highest BCUT2D eigenvalue weighted by Gasteiger charge is 1.70. The van der Waals surface area contributed by atoms with Gasteiger partial charge in [-0.15, -0.1) is 0 Å². The van der Waals surface area contributed by atoms with Crippen LogP contribution in [0.3, 0.4) is 0 Å². The topological polar surface area (TPSA) is 0 Å². The zero-order chi connectivity index (χ0) is 4.12. The van der Waals surface area contributed by atoms with Crippen molar-refractivity contribution in [1.82, 2.24) is 0 Å². The van der Waals surface area contributed by atoms with Gasteiger partial charge in [0.15, 0.2) is 0 Å². The van der Waals surface area contributed by atoms with Gasteiger partial charge in [0.2, 0.25) is 0 Å². The van der Waals surface area contributed by atoms with Crippen LogP contribution < -0.4 is 0 Å². The Morgan fingerprint density at radius 2 is 1.60 bits per heavy atom. The average molecular weight is 104 g/mol. The first-order valence-corrected chi connectivity index (χ1v) is 7.24. The molecule has 0 spiro atoms. The van der Waals surface area contributed by atoms with E-state index in [1.165, 1.54) is 0 Å². The fraction of sp³-hybridized carbons (Fsp3) is 1.00. The molecule has 0 aliphatic carbocycles. The summed E-state index contributed by atoms with van der Waals surface area (Å²) in [6.07, 6.45) is 0. The first kappa shape index (κ1) is 5.43. The van der Waals surface area contributed by atoms with E-state index in [1.807, 2.05) is 0 Å². The van der Waals surface area contributed by atoms with Crippen molar-refractivity contribution >= 4 is 19.0 Å². The van der Waals surface area contributed by atoms with E-state index in [4.69, 9.17) is 0 Å². The fourth-order valence-electron chi connectivity index (χ4n) is 0.354. The molecule has 32 valence electrons. The molecule has 0 aromatic heterocycles. The Balaban J connectivity index is 2.19. The summed E-state index contributed by atoms with van der Waals surface area (Å²) in [5.74, 6) is 0. The van der Waals surface area contributed by atoms with Crippen molar-refractivity contribution in [2.75, 3.05) is 0 Å². The Labute approximate surface area is 38.6 Å². The summed E-state index contributed by atoms with van der Waals surface area (Å²) >= 11 is 0. The van der Waals surface area contributed by atoms with Gasteiger partial charge in [-0.1, -0.05) is 18.8 Å². The summed E-state index contributed by atoms with van der Waals surface area (Å²) in [7, 11) is 0.951. The Morgan fingerprint density at radius 1 is 1.20 bits per heavy atom. The van der Waals surface area contributed by atoms with E-state index < -0.39 is 0 Å². The monoisotopic (exact) mass is 104 g/mol. The van der Waals surface area contributed by atoms with E-state index in [2.05, 4.69) is 13.1 Å². The minimum Gasteiger partial charge on any atom is -0.0751 e. The second-order valence-corrected chi connectivity index (χ2v) is 6.18. The highest BCUT2D eigenvalue weighted by molar-refractivity contribution is 6.54. The molecule has 0 fully saturated rings. The van der Waals surface area contributed by atoms with Gasteiger partial charge in [-0.25, -0.2) is 0 Å². The van der Waals surface area contributed by atoms with E-state index in [0.29, 0.717) is 19.0 Å². The molecule has 0 aliphatic rings. The second-order valence-electron chi connectivity index (χ2n) is 1.35. The SMILES string of the molecule is C[SiH2]C[SiH2]C. The quantitative estimate of drug-likeness (QED) is 0.426. The molecule has 0 amide bonds. The van der Waals surface area contributed by atoms with Crippen LogP contribution in [-0.4, -0.2) is 19.0 Å². The molecule has 0 heterocycles. The maximum atomic E-state index is 2.39. The number of hydrogen-bond acceptors (Lipinski definition) is 0. The van der Waals surface area contributed by atoms with Crippen LogP contribution in [-0.2, 0) is 0 Å². The van der Waals surface area contributed by atoms with Gasteiger partial charge in [0.1, 0.15) is 0 Å². The molecular weight excluding hydrogens is 92.2 g/mol. The highest BCUT2D eigenvalue weighted by atomic mass is 28.3.